The highest BCUT2D eigenvalue weighted by atomic mass is 35.5. The Hall–Kier alpha value is -2.34. The number of hydrogen-bond acceptors (Lipinski definition) is 4. The Bertz CT molecular complexity index is 751. The van der Waals surface area contributed by atoms with Gasteiger partial charge in [0.1, 0.15) is 5.75 Å². The topological polar surface area (TPSA) is 76.1 Å². The SMILES string of the molecule is Cc1nnccc1NC(=O)NC(C)c1cc(Cl)cc2c1OCC2. The van der Waals surface area contributed by atoms with Gasteiger partial charge in [0.05, 0.1) is 30.2 Å². The maximum Gasteiger partial charge on any atom is 0.319 e. The van der Waals surface area contributed by atoms with Crippen LogP contribution in [-0.2, 0) is 6.42 Å². The van der Waals surface area contributed by atoms with Crippen LogP contribution in [0.5, 0.6) is 5.75 Å². The van der Waals surface area contributed by atoms with E-state index in [2.05, 4.69) is 20.8 Å². The summed E-state index contributed by atoms with van der Waals surface area (Å²) >= 11 is 6.16. The van der Waals surface area contributed by atoms with E-state index < -0.39 is 0 Å². The molecule has 0 saturated carbocycles. The second-order valence-electron chi connectivity index (χ2n) is 5.43. The predicted octanol–water partition coefficient (Wildman–Crippen LogP) is 3.26. The molecule has 0 radical (unpaired) electrons. The molecule has 0 saturated heterocycles. The molecule has 1 atom stereocenters. The van der Waals surface area contributed by atoms with Crippen molar-refractivity contribution in [1.29, 1.82) is 0 Å². The quantitative estimate of drug-likeness (QED) is 0.904. The molecule has 2 heterocycles. The number of amides is 2. The molecule has 0 spiro atoms. The van der Waals surface area contributed by atoms with Crippen molar-refractivity contribution in [3.05, 3.63) is 46.2 Å². The van der Waals surface area contributed by atoms with E-state index in [-0.39, 0.29) is 12.1 Å². The summed E-state index contributed by atoms with van der Waals surface area (Å²) in [6, 6.07) is 4.88. The molecular weight excluding hydrogens is 316 g/mol. The number of fused-ring (bicyclic) bond motifs is 1. The van der Waals surface area contributed by atoms with E-state index in [1.165, 1.54) is 6.20 Å². The highest BCUT2D eigenvalue weighted by Crippen LogP contribution is 2.36. The molecule has 6 nitrogen and oxygen atoms in total. The van der Waals surface area contributed by atoms with Gasteiger partial charge in [0.15, 0.2) is 0 Å². The Kier molecular flexibility index (Phi) is 4.34. The second-order valence-corrected chi connectivity index (χ2v) is 5.87. The van der Waals surface area contributed by atoms with Gasteiger partial charge in [-0.05, 0) is 37.6 Å². The van der Waals surface area contributed by atoms with Crippen molar-refractivity contribution in [2.24, 2.45) is 0 Å². The summed E-state index contributed by atoms with van der Waals surface area (Å²) in [7, 11) is 0. The minimum atomic E-state index is -0.319. The summed E-state index contributed by atoms with van der Waals surface area (Å²) in [5.74, 6) is 0.823. The smallest absolute Gasteiger partial charge is 0.319 e. The van der Waals surface area contributed by atoms with Crippen LogP contribution in [0.1, 0.15) is 29.8 Å². The lowest BCUT2D eigenvalue weighted by molar-refractivity contribution is 0.249. The zero-order chi connectivity index (χ0) is 16.4. The largest absolute Gasteiger partial charge is 0.493 e. The molecule has 0 fully saturated rings. The molecule has 1 aliphatic heterocycles. The van der Waals surface area contributed by atoms with Gasteiger partial charge >= 0.3 is 6.03 Å². The minimum Gasteiger partial charge on any atom is -0.493 e. The molecule has 23 heavy (non-hydrogen) atoms. The van der Waals surface area contributed by atoms with Crippen molar-refractivity contribution in [3.63, 3.8) is 0 Å². The van der Waals surface area contributed by atoms with Gasteiger partial charge in [0.25, 0.3) is 0 Å². The number of ether oxygens (including phenoxy) is 1. The van der Waals surface area contributed by atoms with Crippen molar-refractivity contribution < 1.29 is 9.53 Å². The fourth-order valence-electron chi connectivity index (χ4n) is 2.59. The number of nitrogens with zero attached hydrogens (tertiary/aromatic N) is 2. The molecule has 0 aliphatic carbocycles. The van der Waals surface area contributed by atoms with Gasteiger partial charge < -0.3 is 15.4 Å². The van der Waals surface area contributed by atoms with Crippen LogP contribution in [0, 0.1) is 6.92 Å². The number of halogens is 1. The van der Waals surface area contributed by atoms with E-state index in [4.69, 9.17) is 16.3 Å². The maximum atomic E-state index is 12.2. The number of nitrogens with one attached hydrogen (secondary N) is 2. The first-order valence-corrected chi connectivity index (χ1v) is 7.73. The minimum absolute atomic E-state index is 0.240. The van der Waals surface area contributed by atoms with Crippen molar-refractivity contribution in [2.75, 3.05) is 11.9 Å². The van der Waals surface area contributed by atoms with Gasteiger partial charge in [-0.3, -0.25) is 0 Å². The Morgan fingerprint density at radius 3 is 3.04 bits per heavy atom. The average molecular weight is 333 g/mol. The predicted molar refractivity (Wildman–Crippen MR) is 88.0 cm³/mol. The van der Waals surface area contributed by atoms with E-state index in [0.717, 1.165) is 23.3 Å². The van der Waals surface area contributed by atoms with Crippen molar-refractivity contribution >= 4 is 23.3 Å². The number of urea groups is 1. The van der Waals surface area contributed by atoms with Crippen LogP contribution in [0.2, 0.25) is 5.02 Å². The molecule has 0 bridgehead atoms. The number of carbonyl (C=O) groups excluding carboxylic acids is 1. The number of anilines is 1. The van der Waals surface area contributed by atoms with E-state index in [0.29, 0.717) is 23.0 Å². The van der Waals surface area contributed by atoms with Gasteiger partial charge in [0.2, 0.25) is 0 Å². The number of aryl methyl sites for hydroxylation is 1. The third-order valence-electron chi connectivity index (χ3n) is 3.74. The second kappa shape index (κ2) is 6.42. The normalized spacial score (nSPS) is 13.9. The molecule has 2 N–H and O–H groups in total. The molecule has 1 aromatic heterocycles. The Morgan fingerprint density at radius 2 is 2.26 bits per heavy atom. The van der Waals surface area contributed by atoms with Gasteiger partial charge in [-0.15, -0.1) is 0 Å². The number of rotatable bonds is 3. The fraction of sp³-hybridized carbons (Fsp3) is 0.312. The summed E-state index contributed by atoms with van der Waals surface area (Å²) in [6.07, 6.45) is 2.37. The zero-order valence-corrected chi connectivity index (χ0v) is 13.6. The third-order valence-corrected chi connectivity index (χ3v) is 3.96. The average Bonchev–Trinajstić information content (AvgIpc) is 2.96. The molecule has 7 heteroatoms. The Balaban J connectivity index is 1.74. The lowest BCUT2D eigenvalue weighted by Crippen LogP contribution is -2.31. The number of carbonyl (C=O) groups is 1. The van der Waals surface area contributed by atoms with Crippen molar-refractivity contribution in [3.8, 4) is 5.75 Å². The molecule has 2 aromatic rings. The summed E-state index contributed by atoms with van der Waals surface area (Å²) in [5.41, 5.74) is 3.24. The lowest BCUT2D eigenvalue weighted by Gasteiger charge is -2.18. The van der Waals surface area contributed by atoms with Crippen LogP contribution < -0.4 is 15.4 Å². The highest BCUT2D eigenvalue weighted by Gasteiger charge is 2.22. The summed E-state index contributed by atoms with van der Waals surface area (Å²) in [6.45, 7) is 4.32. The van der Waals surface area contributed by atoms with Crippen LogP contribution in [0.4, 0.5) is 10.5 Å². The molecule has 120 valence electrons. The van der Waals surface area contributed by atoms with Gasteiger partial charge in [-0.25, -0.2) is 4.79 Å². The Labute approximate surface area is 139 Å². The summed E-state index contributed by atoms with van der Waals surface area (Å²) < 4.78 is 5.68. The fourth-order valence-corrected chi connectivity index (χ4v) is 2.84. The van der Waals surface area contributed by atoms with E-state index in [9.17, 15) is 4.79 Å². The molecule has 1 aromatic carbocycles. The standard InChI is InChI=1S/C16H17ClN4O2/c1-9(13-8-12(17)7-11-4-6-23-15(11)13)19-16(22)20-14-3-5-18-21-10(14)2/h3,5,7-9H,4,6H2,1-2H3,(H2,18,19,20,22). The van der Waals surface area contributed by atoms with Crippen LogP contribution in [0.15, 0.2) is 24.4 Å². The van der Waals surface area contributed by atoms with Crippen LogP contribution in [0.25, 0.3) is 0 Å². The summed E-state index contributed by atoms with van der Waals surface area (Å²) in [5, 5.41) is 14.0. The van der Waals surface area contributed by atoms with Gasteiger partial charge in [0, 0.05) is 17.0 Å². The molecular formula is C16H17ClN4O2. The zero-order valence-electron chi connectivity index (χ0n) is 12.9. The van der Waals surface area contributed by atoms with Gasteiger partial charge in [-0.1, -0.05) is 11.6 Å². The molecule has 1 unspecified atom stereocenters. The third kappa shape index (κ3) is 3.37. The number of benzene rings is 1. The number of aromatic nitrogens is 2. The van der Waals surface area contributed by atoms with Crippen LogP contribution >= 0.6 is 11.6 Å². The molecule has 3 rings (SSSR count). The first-order chi connectivity index (χ1) is 11.0. The molecule has 1 aliphatic rings. The lowest BCUT2D eigenvalue weighted by atomic mass is 10.0. The number of hydrogen-bond donors (Lipinski definition) is 2. The highest BCUT2D eigenvalue weighted by molar-refractivity contribution is 6.30. The Morgan fingerprint density at radius 1 is 1.43 bits per heavy atom. The molecule has 2 amide bonds. The first-order valence-electron chi connectivity index (χ1n) is 7.35. The van der Waals surface area contributed by atoms with Crippen molar-refractivity contribution in [2.45, 2.75) is 26.3 Å². The van der Waals surface area contributed by atoms with Crippen LogP contribution in [0.3, 0.4) is 0 Å². The van der Waals surface area contributed by atoms with E-state index in [1.54, 1.807) is 13.0 Å². The van der Waals surface area contributed by atoms with Crippen molar-refractivity contribution in [1.82, 2.24) is 15.5 Å². The monoisotopic (exact) mass is 332 g/mol. The van der Waals surface area contributed by atoms with E-state index in [1.807, 2.05) is 19.1 Å². The van der Waals surface area contributed by atoms with Crippen LogP contribution in [-0.4, -0.2) is 22.8 Å². The summed E-state index contributed by atoms with van der Waals surface area (Å²) in [4.78, 5) is 12.2. The van der Waals surface area contributed by atoms with E-state index >= 15 is 0 Å². The first kappa shape index (κ1) is 15.6. The maximum absolute atomic E-state index is 12.2. The van der Waals surface area contributed by atoms with Gasteiger partial charge in [-0.2, -0.15) is 10.2 Å².